The van der Waals surface area contributed by atoms with Gasteiger partial charge in [0.05, 0.1) is 20.6 Å². The zero-order valence-corrected chi connectivity index (χ0v) is 16.8. The van der Waals surface area contributed by atoms with E-state index in [-0.39, 0.29) is 24.0 Å². The molecule has 0 radical (unpaired) electrons. The average molecular weight is 442 g/mol. The number of unbranched alkanes of at least 4 members (excludes halogenated alkanes) is 1. The van der Waals surface area contributed by atoms with E-state index in [0.29, 0.717) is 6.00 Å². The predicted molar refractivity (Wildman–Crippen MR) is 96.9 cm³/mol. The molecular weight excluding hydrogens is 417 g/mol. The Morgan fingerprint density at radius 2 is 1.39 bits per heavy atom. The Hall–Kier alpha value is -0.840. The molecule has 0 aliphatic carbocycles. The molecule has 0 heterocycles. The van der Waals surface area contributed by atoms with Gasteiger partial charge in [-0.1, -0.05) is 78.3 Å². The van der Waals surface area contributed by atoms with Crippen molar-refractivity contribution in [2.75, 3.05) is 26.6 Å². The molecule has 0 unspecified atom stereocenters. The first kappa shape index (κ1) is 20.2. The molecule has 0 aliphatic heterocycles. The fraction of sp³-hybridized carbons (Fsp3) is 0.300. The van der Waals surface area contributed by atoms with Crippen LogP contribution < -0.4 is 24.0 Å². The van der Waals surface area contributed by atoms with E-state index < -0.39 is 0 Å². The third-order valence-corrected chi connectivity index (χ3v) is 4.46. The van der Waals surface area contributed by atoms with Gasteiger partial charge in [-0.3, -0.25) is 0 Å². The number of halogens is 2. The van der Waals surface area contributed by atoms with Crippen LogP contribution in [0, 0.1) is 0 Å². The van der Waals surface area contributed by atoms with E-state index >= 15 is 0 Å². The first-order valence-electron chi connectivity index (χ1n) is 7.81. The molecule has 2 rings (SSSR count). The van der Waals surface area contributed by atoms with Gasteiger partial charge in [0.2, 0.25) is 0 Å². The standard InChI is InChI=1S/C20H25ClN.HI/c1-22(2,17-21)16-10-9-15-20(18-11-5-3-6-12-18)19-13-7-4-8-14-19;/h3-8,11-15H,9-10,16-17H2,1-2H3;1H/q+1;/p-1. The van der Waals surface area contributed by atoms with Gasteiger partial charge in [0.25, 0.3) is 0 Å². The lowest BCUT2D eigenvalue weighted by Crippen LogP contribution is -3.00. The van der Waals surface area contributed by atoms with Crippen molar-refractivity contribution in [2.45, 2.75) is 12.8 Å². The number of allylic oxidation sites excluding steroid dienone is 1. The summed E-state index contributed by atoms with van der Waals surface area (Å²) in [6.45, 7) is 1.09. The minimum Gasteiger partial charge on any atom is -1.00 e. The summed E-state index contributed by atoms with van der Waals surface area (Å²) in [5.41, 5.74) is 3.87. The minimum atomic E-state index is 0. The van der Waals surface area contributed by atoms with E-state index in [1.165, 1.54) is 16.7 Å². The molecule has 0 N–H and O–H groups in total. The second-order valence-corrected chi connectivity index (χ2v) is 6.51. The van der Waals surface area contributed by atoms with Gasteiger partial charge in [0.1, 0.15) is 0 Å². The number of benzene rings is 2. The second kappa shape index (κ2) is 10.1. The number of hydrogen-bond donors (Lipinski definition) is 0. The van der Waals surface area contributed by atoms with E-state index in [1.807, 2.05) is 0 Å². The van der Waals surface area contributed by atoms with Crippen molar-refractivity contribution in [3.05, 3.63) is 77.9 Å². The van der Waals surface area contributed by atoms with Gasteiger partial charge in [-0.2, -0.15) is 0 Å². The van der Waals surface area contributed by atoms with E-state index in [9.17, 15) is 0 Å². The molecule has 2 aromatic rings. The van der Waals surface area contributed by atoms with Gasteiger partial charge in [-0.25, -0.2) is 0 Å². The molecule has 0 bridgehead atoms. The topological polar surface area (TPSA) is 0 Å². The van der Waals surface area contributed by atoms with Gasteiger partial charge < -0.3 is 28.5 Å². The SMILES string of the molecule is C[N+](C)(CCl)CCCC=C(c1ccccc1)c1ccccc1.[I-]. The summed E-state index contributed by atoms with van der Waals surface area (Å²) in [4.78, 5) is 0. The molecule has 0 atom stereocenters. The number of hydrogen-bond acceptors (Lipinski definition) is 0. The van der Waals surface area contributed by atoms with Crippen LogP contribution in [0.2, 0.25) is 0 Å². The number of rotatable bonds is 7. The van der Waals surface area contributed by atoms with Crippen molar-refractivity contribution in [2.24, 2.45) is 0 Å². The van der Waals surface area contributed by atoms with E-state index in [4.69, 9.17) is 11.6 Å². The smallest absolute Gasteiger partial charge is 0.154 e. The second-order valence-electron chi connectivity index (χ2n) is 6.27. The Kier molecular flexibility index (Phi) is 8.88. The fourth-order valence-corrected chi connectivity index (χ4v) is 2.58. The van der Waals surface area contributed by atoms with Crippen LogP contribution in [0.15, 0.2) is 66.7 Å². The zero-order valence-electron chi connectivity index (χ0n) is 13.9. The van der Waals surface area contributed by atoms with E-state index in [1.54, 1.807) is 0 Å². The number of quaternary nitrogens is 1. The first-order chi connectivity index (χ1) is 10.6. The van der Waals surface area contributed by atoms with Gasteiger partial charge >= 0.3 is 0 Å². The number of alkyl halides is 1. The summed E-state index contributed by atoms with van der Waals surface area (Å²) in [5.74, 6) is 0. The molecule has 0 fully saturated rings. The molecule has 0 amide bonds. The highest BCUT2D eigenvalue weighted by Gasteiger charge is 2.11. The third-order valence-electron chi connectivity index (χ3n) is 3.81. The highest BCUT2D eigenvalue weighted by atomic mass is 127. The quantitative estimate of drug-likeness (QED) is 0.203. The van der Waals surface area contributed by atoms with Gasteiger partial charge in [0.15, 0.2) is 6.00 Å². The Balaban J connectivity index is 0.00000264. The Morgan fingerprint density at radius 3 is 1.83 bits per heavy atom. The third kappa shape index (κ3) is 6.66. The van der Waals surface area contributed by atoms with E-state index in [0.717, 1.165) is 23.9 Å². The lowest BCUT2D eigenvalue weighted by molar-refractivity contribution is -0.879. The summed E-state index contributed by atoms with van der Waals surface area (Å²) < 4.78 is 0.863. The maximum Gasteiger partial charge on any atom is 0.154 e. The Labute approximate surface area is 162 Å². The maximum atomic E-state index is 5.98. The Morgan fingerprint density at radius 1 is 0.913 bits per heavy atom. The van der Waals surface area contributed by atoms with Crippen molar-refractivity contribution in [1.82, 2.24) is 0 Å². The summed E-state index contributed by atoms with van der Waals surface area (Å²) in [6, 6.07) is 21.9. The van der Waals surface area contributed by atoms with Crippen molar-refractivity contribution in [3.63, 3.8) is 0 Å². The van der Waals surface area contributed by atoms with Crippen LogP contribution in [-0.4, -0.2) is 31.1 Å². The lowest BCUT2D eigenvalue weighted by Gasteiger charge is -2.26. The molecule has 0 aromatic heterocycles. The van der Waals surface area contributed by atoms with Crippen LogP contribution in [0.5, 0.6) is 0 Å². The largest absolute Gasteiger partial charge is 1.00 e. The highest BCUT2D eigenvalue weighted by molar-refractivity contribution is 6.16. The molecule has 3 heteroatoms. The molecule has 0 saturated carbocycles. The van der Waals surface area contributed by atoms with Crippen molar-refractivity contribution >= 4 is 17.2 Å². The van der Waals surface area contributed by atoms with E-state index in [2.05, 4.69) is 80.8 Å². The summed E-state index contributed by atoms with van der Waals surface area (Å²) in [6.07, 6.45) is 4.57. The maximum absolute atomic E-state index is 5.98. The normalized spacial score (nSPS) is 10.7. The Bertz CT molecular complexity index is 552. The van der Waals surface area contributed by atoms with Crippen LogP contribution in [-0.2, 0) is 0 Å². The van der Waals surface area contributed by atoms with Crippen LogP contribution >= 0.6 is 11.6 Å². The molecule has 0 spiro atoms. The van der Waals surface area contributed by atoms with Crippen LogP contribution in [0.3, 0.4) is 0 Å². The van der Waals surface area contributed by atoms with Crippen molar-refractivity contribution < 1.29 is 28.5 Å². The first-order valence-corrected chi connectivity index (χ1v) is 8.35. The van der Waals surface area contributed by atoms with Gasteiger partial charge in [-0.15, -0.1) is 0 Å². The molecule has 0 saturated heterocycles. The molecule has 124 valence electrons. The molecule has 23 heavy (non-hydrogen) atoms. The molecule has 0 aliphatic rings. The fourth-order valence-electron chi connectivity index (χ4n) is 2.46. The molecular formula is C20H25ClIN. The summed E-state index contributed by atoms with van der Waals surface area (Å²) in [5, 5.41) is 0. The van der Waals surface area contributed by atoms with Crippen molar-refractivity contribution in [1.29, 1.82) is 0 Å². The average Bonchev–Trinajstić information content (AvgIpc) is 2.56. The van der Waals surface area contributed by atoms with Gasteiger partial charge in [-0.05, 0) is 23.1 Å². The van der Waals surface area contributed by atoms with Crippen LogP contribution in [0.1, 0.15) is 24.0 Å². The molecule has 2 aromatic carbocycles. The molecule has 1 nitrogen and oxygen atoms in total. The predicted octanol–water partition coefficient (Wildman–Crippen LogP) is 2.18. The van der Waals surface area contributed by atoms with Crippen LogP contribution in [0.4, 0.5) is 0 Å². The zero-order chi connectivity index (χ0) is 15.8. The van der Waals surface area contributed by atoms with Crippen molar-refractivity contribution in [3.8, 4) is 0 Å². The summed E-state index contributed by atoms with van der Waals surface area (Å²) in [7, 11) is 4.35. The monoisotopic (exact) mass is 441 g/mol. The number of nitrogens with zero attached hydrogens (tertiary/aromatic N) is 1. The summed E-state index contributed by atoms with van der Waals surface area (Å²) >= 11 is 5.98. The van der Waals surface area contributed by atoms with Crippen LogP contribution in [0.25, 0.3) is 5.57 Å². The highest BCUT2D eigenvalue weighted by Crippen LogP contribution is 2.24. The van der Waals surface area contributed by atoms with Gasteiger partial charge in [0, 0.05) is 6.42 Å². The lowest BCUT2D eigenvalue weighted by atomic mass is 9.96. The minimum absolute atomic E-state index is 0.